The molecule has 0 fully saturated rings. The summed E-state index contributed by atoms with van der Waals surface area (Å²) in [5.41, 5.74) is 7.10. The van der Waals surface area contributed by atoms with Crippen LogP contribution in [0.25, 0.3) is 0 Å². The summed E-state index contributed by atoms with van der Waals surface area (Å²) < 4.78 is 24.9. The van der Waals surface area contributed by atoms with E-state index in [0.29, 0.717) is 4.90 Å². The van der Waals surface area contributed by atoms with Crippen molar-refractivity contribution in [1.82, 2.24) is 4.98 Å². The Kier molecular flexibility index (Phi) is 2.92. The van der Waals surface area contributed by atoms with Gasteiger partial charge < -0.3 is 5.73 Å². The van der Waals surface area contributed by atoms with Gasteiger partial charge in [0.2, 0.25) is 9.84 Å². The Balaban J connectivity index is 2.63. The lowest BCUT2D eigenvalue weighted by Gasteiger charge is -2.06. The minimum absolute atomic E-state index is 0.184. The van der Waals surface area contributed by atoms with E-state index in [1.807, 2.05) is 13.0 Å². The maximum Gasteiger partial charge on any atom is 0.217 e. The number of aromatic nitrogens is 1. The fraction of sp³-hybridized carbons (Fsp3) is 0.182. The van der Waals surface area contributed by atoms with Crippen LogP contribution in [0.3, 0.4) is 0 Å². The Hall–Kier alpha value is -1.40. The van der Waals surface area contributed by atoms with Crippen LogP contribution < -0.4 is 5.73 Å². The normalized spacial score (nSPS) is 11.6. The monoisotopic (exact) mass is 268 g/mol. The molecule has 0 atom stereocenters. The summed E-state index contributed by atoms with van der Waals surface area (Å²) in [6.07, 6.45) is 1.30. The van der Waals surface area contributed by atoms with Crippen molar-refractivity contribution in [3.8, 4) is 0 Å². The highest BCUT2D eigenvalue weighted by atomic mass is 32.2. The summed E-state index contributed by atoms with van der Waals surface area (Å²) >= 11 is 0.983. The zero-order chi connectivity index (χ0) is 12.6. The van der Waals surface area contributed by atoms with Crippen molar-refractivity contribution in [2.24, 2.45) is 0 Å². The summed E-state index contributed by atoms with van der Waals surface area (Å²) in [5, 5.41) is 0.258. The van der Waals surface area contributed by atoms with Gasteiger partial charge in [0, 0.05) is 0 Å². The second-order valence-corrected chi connectivity index (χ2v) is 7.00. The van der Waals surface area contributed by atoms with Crippen LogP contribution in [-0.4, -0.2) is 13.4 Å². The van der Waals surface area contributed by atoms with Gasteiger partial charge in [-0.05, 0) is 31.0 Å². The largest absolute Gasteiger partial charge is 0.375 e. The van der Waals surface area contributed by atoms with Crippen molar-refractivity contribution in [3.05, 3.63) is 35.5 Å². The average Bonchev–Trinajstić information content (AvgIpc) is 2.69. The van der Waals surface area contributed by atoms with Gasteiger partial charge in [-0.2, -0.15) is 0 Å². The molecule has 1 heterocycles. The van der Waals surface area contributed by atoms with Gasteiger partial charge >= 0.3 is 0 Å². The second-order valence-electron chi connectivity index (χ2n) is 3.79. The molecule has 0 amide bonds. The fourth-order valence-electron chi connectivity index (χ4n) is 1.50. The van der Waals surface area contributed by atoms with E-state index in [9.17, 15) is 8.42 Å². The van der Waals surface area contributed by atoms with E-state index < -0.39 is 9.84 Å². The number of benzene rings is 1. The van der Waals surface area contributed by atoms with Gasteiger partial charge in [0.15, 0.2) is 5.13 Å². The maximum absolute atomic E-state index is 12.3. The molecule has 6 heteroatoms. The number of aryl methyl sites for hydroxylation is 2. The second kappa shape index (κ2) is 4.12. The maximum atomic E-state index is 12.3. The first-order valence-corrected chi connectivity index (χ1v) is 7.25. The van der Waals surface area contributed by atoms with Crippen LogP contribution in [0.1, 0.15) is 11.1 Å². The number of nitrogens with zero attached hydrogens (tertiary/aromatic N) is 1. The lowest BCUT2D eigenvalue weighted by atomic mass is 10.2. The molecule has 0 aliphatic heterocycles. The molecule has 17 heavy (non-hydrogen) atoms. The van der Waals surface area contributed by atoms with Crippen LogP contribution in [0.2, 0.25) is 0 Å². The molecule has 2 rings (SSSR count). The van der Waals surface area contributed by atoms with Crippen molar-refractivity contribution in [2.75, 3.05) is 5.73 Å². The molecule has 1 aromatic carbocycles. The standard InChI is InChI=1S/C11H12N2O2S2/c1-7-3-4-8(2)9(5-7)17(14,15)10-6-13-11(12)16-10/h3-6H,1-2H3,(H2,12,13). The number of nitrogen functional groups attached to an aromatic ring is 1. The summed E-state index contributed by atoms with van der Waals surface area (Å²) in [6, 6.07) is 5.35. The molecule has 1 aromatic heterocycles. The van der Waals surface area contributed by atoms with Crippen molar-refractivity contribution in [2.45, 2.75) is 23.0 Å². The minimum Gasteiger partial charge on any atom is -0.375 e. The zero-order valence-corrected chi connectivity index (χ0v) is 11.1. The number of hydrogen-bond acceptors (Lipinski definition) is 5. The quantitative estimate of drug-likeness (QED) is 0.906. The number of thiazole rings is 1. The van der Waals surface area contributed by atoms with Crippen LogP contribution in [0.15, 0.2) is 33.5 Å². The molecule has 0 aliphatic rings. The first-order chi connectivity index (χ1) is 7.91. The third kappa shape index (κ3) is 2.18. The number of rotatable bonds is 2. The van der Waals surface area contributed by atoms with E-state index in [1.54, 1.807) is 19.1 Å². The summed E-state index contributed by atoms with van der Waals surface area (Å²) in [7, 11) is -3.50. The molecular weight excluding hydrogens is 256 g/mol. The van der Waals surface area contributed by atoms with Crippen molar-refractivity contribution in [1.29, 1.82) is 0 Å². The van der Waals surface area contributed by atoms with E-state index in [-0.39, 0.29) is 9.34 Å². The Morgan fingerprint density at radius 2 is 2.00 bits per heavy atom. The zero-order valence-electron chi connectivity index (χ0n) is 9.47. The molecule has 4 nitrogen and oxygen atoms in total. The molecule has 0 aliphatic carbocycles. The Morgan fingerprint density at radius 3 is 2.59 bits per heavy atom. The summed E-state index contributed by atoms with van der Waals surface area (Å²) in [5.74, 6) is 0. The average molecular weight is 268 g/mol. The molecule has 0 saturated heterocycles. The smallest absolute Gasteiger partial charge is 0.217 e. The van der Waals surface area contributed by atoms with Crippen LogP contribution in [0.5, 0.6) is 0 Å². The third-order valence-electron chi connectivity index (χ3n) is 2.40. The predicted molar refractivity (Wildman–Crippen MR) is 67.9 cm³/mol. The Labute approximate surface area is 104 Å². The lowest BCUT2D eigenvalue weighted by Crippen LogP contribution is -2.02. The van der Waals surface area contributed by atoms with E-state index >= 15 is 0 Å². The van der Waals surface area contributed by atoms with Gasteiger partial charge in [-0.25, -0.2) is 13.4 Å². The number of anilines is 1. The van der Waals surface area contributed by atoms with Gasteiger partial charge in [0.25, 0.3) is 0 Å². The fourth-order valence-corrected chi connectivity index (χ4v) is 4.12. The van der Waals surface area contributed by atoms with E-state index in [1.165, 1.54) is 6.20 Å². The third-order valence-corrected chi connectivity index (χ3v) is 5.58. The van der Waals surface area contributed by atoms with Gasteiger partial charge in [0.05, 0.1) is 11.1 Å². The number of sulfone groups is 1. The van der Waals surface area contributed by atoms with Gasteiger partial charge in [-0.1, -0.05) is 23.5 Å². The molecule has 0 bridgehead atoms. The molecular formula is C11H12N2O2S2. The first kappa shape index (κ1) is 12.1. The molecule has 90 valence electrons. The van der Waals surface area contributed by atoms with Gasteiger partial charge in [0.1, 0.15) is 4.21 Å². The summed E-state index contributed by atoms with van der Waals surface area (Å²) in [6.45, 7) is 3.64. The molecule has 0 radical (unpaired) electrons. The topological polar surface area (TPSA) is 73.0 Å². The molecule has 0 saturated carbocycles. The van der Waals surface area contributed by atoms with Crippen LogP contribution >= 0.6 is 11.3 Å². The molecule has 2 aromatic rings. The highest BCUT2D eigenvalue weighted by molar-refractivity contribution is 7.93. The first-order valence-electron chi connectivity index (χ1n) is 4.95. The highest BCUT2D eigenvalue weighted by Gasteiger charge is 2.22. The Bertz CT molecular complexity index is 660. The molecule has 0 spiro atoms. The summed E-state index contributed by atoms with van der Waals surface area (Å²) in [4.78, 5) is 4.10. The molecule has 0 unspecified atom stereocenters. The van der Waals surface area contributed by atoms with Gasteiger partial charge in [-0.3, -0.25) is 0 Å². The van der Waals surface area contributed by atoms with E-state index in [4.69, 9.17) is 5.73 Å². The van der Waals surface area contributed by atoms with Crippen molar-refractivity contribution < 1.29 is 8.42 Å². The molecule has 2 N–H and O–H groups in total. The number of hydrogen-bond donors (Lipinski definition) is 1. The van der Waals surface area contributed by atoms with E-state index in [0.717, 1.165) is 22.5 Å². The van der Waals surface area contributed by atoms with Crippen LogP contribution in [0.4, 0.5) is 5.13 Å². The van der Waals surface area contributed by atoms with E-state index in [2.05, 4.69) is 4.98 Å². The lowest BCUT2D eigenvalue weighted by molar-refractivity contribution is 0.597. The van der Waals surface area contributed by atoms with Crippen molar-refractivity contribution >= 4 is 26.3 Å². The SMILES string of the molecule is Cc1ccc(C)c(S(=O)(=O)c2cnc(N)s2)c1. The van der Waals surface area contributed by atoms with Gasteiger partial charge in [-0.15, -0.1) is 0 Å². The van der Waals surface area contributed by atoms with Crippen molar-refractivity contribution in [3.63, 3.8) is 0 Å². The van der Waals surface area contributed by atoms with Crippen LogP contribution in [0, 0.1) is 13.8 Å². The Morgan fingerprint density at radius 1 is 1.29 bits per heavy atom. The minimum atomic E-state index is -3.50. The predicted octanol–water partition coefficient (Wildman–Crippen LogP) is 2.17. The van der Waals surface area contributed by atoms with Crippen LogP contribution in [-0.2, 0) is 9.84 Å². The number of nitrogens with two attached hydrogens (primary N) is 1. The highest BCUT2D eigenvalue weighted by Crippen LogP contribution is 2.29.